The van der Waals surface area contributed by atoms with Crippen molar-refractivity contribution in [2.45, 2.75) is 45.6 Å². The normalized spacial score (nSPS) is 19.7. The van der Waals surface area contributed by atoms with Crippen LogP contribution >= 0.6 is 0 Å². The van der Waals surface area contributed by atoms with E-state index in [1.807, 2.05) is 0 Å². The highest BCUT2D eigenvalue weighted by Gasteiger charge is 2.37. The van der Waals surface area contributed by atoms with Crippen molar-refractivity contribution < 1.29 is 4.79 Å². The predicted molar refractivity (Wildman–Crippen MR) is 53.4 cm³/mol. The Morgan fingerprint density at radius 3 is 2.38 bits per heavy atom. The lowest BCUT2D eigenvalue weighted by Gasteiger charge is -2.21. The van der Waals surface area contributed by atoms with Crippen LogP contribution in [0.15, 0.2) is 0 Å². The second-order valence-corrected chi connectivity index (χ2v) is 5.15. The summed E-state index contributed by atoms with van der Waals surface area (Å²) in [6.45, 7) is 7.13. The van der Waals surface area contributed by atoms with Crippen molar-refractivity contribution in [1.82, 2.24) is 5.32 Å². The first-order valence-electron chi connectivity index (χ1n) is 4.87. The van der Waals surface area contributed by atoms with E-state index in [0.29, 0.717) is 6.54 Å². The van der Waals surface area contributed by atoms with Gasteiger partial charge in [-0.3, -0.25) is 4.79 Å². The summed E-state index contributed by atoms with van der Waals surface area (Å²) in [5.41, 5.74) is 7.06. The van der Waals surface area contributed by atoms with E-state index in [1.54, 1.807) is 0 Å². The Labute approximate surface area is 80.1 Å². The van der Waals surface area contributed by atoms with Gasteiger partial charge in [0.25, 0.3) is 0 Å². The van der Waals surface area contributed by atoms with Crippen LogP contribution in [-0.2, 0) is 4.79 Å². The summed E-state index contributed by atoms with van der Waals surface area (Å²) >= 11 is 0. The standard InChI is InChI=1S/C10H19N2O/c1-9(2,3)6-7-12-8(13)10(11)4-5-10/h11H,4-7H2,1-3H3,(H,12,13)/q-1. The molecule has 0 unspecified atom stereocenters. The molecule has 2 N–H and O–H groups in total. The Morgan fingerprint density at radius 1 is 1.46 bits per heavy atom. The van der Waals surface area contributed by atoms with Crippen LogP contribution in [0.2, 0.25) is 0 Å². The van der Waals surface area contributed by atoms with Crippen LogP contribution < -0.4 is 5.32 Å². The lowest BCUT2D eigenvalue weighted by atomic mass is 9.92. The number of hydrogen-bond acceptors (Lipinski definition) is 1. The lowest BCUT2D eigenvalue weighted by Crippen LogP contribution is -2.35. The van der Waals surface area contributed by atoms with Crippen molar-refractivity contribution in [3.05, 3.63) is 5.73 Å². The molecular weight excluding hydrogens is 164 g/mol. The molecule has 0 bridgehead atoms. The van der Waals surface area contributed by atoms with Gasteiger partial charge >= 0.3 is 0 Å². The molecule has 3 heteroatoms. The maximum atomic E-state index is 11.3. The van der Waals surface area contributed by atoms with Crippen molar-refractivity contribution >= 4 is 5.91 Å². The molecule has 1 aliphatic rings. The van der Waals surface area contributed by atoms with Gasteiger partial charge in [0.15, 0.2) is 0 Å². The van der Waals surface area contributed by atoms with E-state index in [4.69, 9.17) is 5.73 Å². The number of carbonyl (C=O) groups excluding carboxylic acids is 1. The summed E-state index contributed by atoms with van der Waals surface area (Å²) < 4.78 is 0. The summed E-state index contributed by atoms with van der Waals surface area (Å²) in [5, 5.41) is 2.82. The molecule has 13 heavy (non-hydrogen) atoms. The smallest absolute Gasteiger partial charge is 0.205 e. The predicted octanol–water partition coefficient (Wildman–Crippen LogP) is 2.12. The minimum absolute atomic E-state index is 0.0863. The molecule has 1 saturated carbocycles. The number of carbonyl (C=O) groups is 1. The first-order chi connectivity index (χ1) is 5.83. The van der Waals surface area contributed by atoms with Gasteiger partial charge < -0.3 is 11.1 Å². The summed E-state index contributed by atoms with van der Waals surface area (Å²) in [6, 6.07) is 0. The van der Waals surface area contributed by atoms with Gasteiger partial charge in [0.05, 0.1) is 0 Å². The fraction of sp³-hybridized carbons (Fsp3) is 0.900. The highest BCUT2D eigenvalue weighted by Crippen LogP contribution is 2.38. The topological polar surface area (TPSA) is 52.9 Å². The maximum absolute atomic E-state index is 11.3. The Kier molecular flexibility index (Phi) is 2.66. The third kappa shape index (κ3) is 3.35. The van der Waals surface area contributed by atoms with Gasteiger partial charge in [0, 0.05) is 6.54 Å². The largest absolute Gasteiger partial charge is 0.664 e. The molecule has 0 atom stereocenters. The third-order valence-electron chi connectivity index (χ3n) is 2.35. The molecule has 0 aliphatic heterocycles. The Bertz CT molecular complexity index is 201. The van der Waals surface area contributed by atoms with E-state index in [1.165, 1.54) is 0 Å². The molecule has 0 aromatic carbocycles. The molecule has 0 spiro atoms. The van der Waals surface area contributed by atoms with Crippen LogP contribution in [0.4, 0.5) is 0 Å². The molecule has 0 saturated heterocycles. The Balaban J connectivity index is 2.16. The zero-order valence-electron chi connectivity index (χ0n) is 8.74. The van der Waals surface area contributed by atoms with Crippen molar-refractivity contribution in [3.8, 4) is 0 Å². The van der Waals surface area contributed by atoms with Crippen LogP contribution in [0.25, 0.3) is 5.73 Å². The quantitative estimate of drug-likeness (QED) is 0.716. The van der Waals surface area contributed by atoms with Gasteiger partial charge in [-0.1, -0.05) is 33.6 Å². The number of nitrogens with one attached hydrogen (secondary N) is 2. The Morgan fingerprint density at radius 2 is 2.00 bits per heavy atom. The molecule has 0 heterocycles. The van der Waals surface area contributed by atoms with Crippen LogP contribution in [0.5, 0.6) is 0 Å². The van der Waals surface area contributed by atoms with E-state index >= 15 is 0 Å². The number of amides is 1. The fourth-order valence-electron chi connectivity index (χ4n) is 1.07. The molecule has 0 aromatic rings. The van der Waals surface area contributed by atoms with Crippen molar-refractivity contribution in [2.24, 2.45) is 5.41 Å². The molecule has 1 amide bonds. The van der Waals surface area contributed by atoms with Gasteiger partial charge in [-0.25, -0.2) is 0 Å². The molecule has 1 aliphatic carbocycles. The zero-order valence-corrected chi connectivity index (χ0v) is 8.74. The van der Waals surface area contributed by atoms with E-state index in [9.17, 15) is 4.79 Å². The van der Waals surface area contributed by atoms with Gasteiger partial charge in [0.1, 0.15) is 0 Å². The average molecular weight is 183 g/mol. The molecule has 3 nitrogen and oxygen atoms in total. The monoisotopic (exact) mass is 183 g/mol. The van der Waals surface area contributed by atoms with Crippen LogP contribution in [-0.4, -0.2) is 18.0 Å². The van der Waals surface area contributed by atoms with Crippen molar-refractivity contribution in [3.63, 3.8) is 0 Å². The summed E-state index contributed by atoms with van der Waals surface area (Å²) in [5.74, 6) is -0.0863. The lowest BCUT2D eigenvalue weighted by molar-refractivity contribution is -0.122. The van der Waals surface area contributed by atoms with Gasteiger partial charge in [0.2, 0.25) is 5.91 Å². The zero-order chi connectivity index (χ0) is 10.1. The van der Waals surface area contributed by atoms with Crippen molar-refractivity contribution in [2.75, 3.05) is 6.54 Å². The SMILES string of the molecule is CC(C)(C)CCNC(=O)C1([NH-])CC1. The fourth-order valence-corrected chi connectivity index (χ4v) is 1.07. The summed E-state index contributed by atoms with van der Waals surface area (Å²) in [7, 11) is 0. The van der Waals surface area contributed by atoms with Crippen LogP contribution in [0.3, 0.4) is 0 Å². The highest BCUT2D eigenvalue weighted by atomic mass is 16.2. The van der Waals surface area contributed by atoms with E-state index in [-0.39, 0.29) is 11.3 Å². The van der Waals surface area contributed by atoms with Crippen LogP contribution in [0.1, 0.15) is 40.0 Å². The number of rotatable bonds is 3. The third-order valence-corrected chi connectivity index (χ3v) is 2.35. The summed E-state index contributed by atoms with van der Waals surface area (Å²) in [4.78, 5) is 11.3. The summed E-state index contributed by atoms with van der Waals surface area (Å²) in [6.07, 6.45) is 2.43. The highest BCUT2D eigenvalue weighted by molar-refractivity contribution is 5.90. The second kappa shape index (κ2) is 3.29. The van der Waals surface area contributed by atoms with Crippen LogP contribution in [0, 0.1) is 5.41 Å². The first kappa shape index (κ1) is 10.5. The first-order valence-corrected chi connectivity index (χ1v) is 4.87. The molecule has 76 valence electrons. The molecular formula is C10H19N2O-. The van der Waals surface area contributed by atoms with E-state index < -0.39 is 5.54 Å². The molecule has 1 fully saturated rings. The Hall–Kier alpha value is -0.570. The molecule has 0 aromatic heterocycles. The minimum Gasteiger partial charge on any atom is -0.664 e. The number of hydrogen-bond donors (Lipinski definition) is 1. The van der Waals surface area contributed by atoms with Gasteiger partial charge in [-0.2, -0.15) is 0 Å². The molecule has 0 radical (unpaired) electrons. The van der Waals surface area contributed by atoms with E-state index in [2.05, 4.69) is 26.1 Å². The van der Waals surface area contributed by atoms with Gasteiger partial charge in [-0.05, 0) is 17.4 Å². The molecule has 1 rings (SSSR count). The average Bonchev–Trinajstić information content (AvgIpc) is 2.66. The maximum Gasteiger partial charge on any atom is 0.205 e. The van der Waals surface area contributed by atoms with Gasteiger partial charge in [-0.15, -0.1) is 0 Å². The van der Waals surface area contributed by atoms with Crippen molar-refractivity contribution in [1.29, 1.82) is 0 Å². The minimum atomic E-state index is -0.766. The second-order valence-electron chi connectivity index (χ2n) is 5.15. The van der Waals surface area contributed by atoms with E-state index in [0.717, 1.165) is 19.3 Å².